The lowest BCUT2D eigenvalue weighted by molar-refractivity contribution is -0.385. The number of methoxy groups -OCH3 is 1. The molecule has 0 aliphatic rings. The van der Waals surface area contributed by atoms with E-state index in [9.17, 15) is 10.1 Å². The van der Waals surface area contributed by atoms with Gasteiger partial charge < -0.3 is 10.1 Å². The van der Waals surface area contributed by atoms with Crippen molar-refractivity contribution in [3.8, 4) is 18.1 Å². The minimum atomic E-state index is -0.437. The highest BCUT2D eigenvalue weighted by molar-refractivity contribution is 5.42. The molecule has 0 aliphatic heterocycles. The van der Waals surface area contributed by atoms with Crippen molar-refractivity contribution in [3.05, 3.63) is 33.9 Å². The third kappa shape index (κ3) is 4.13. The van der Waals surface area contributed by atoms with Gasteiger partial charge in [0.15, 0.2) is 0 Å². The lowest BCUT2D eigenvalue weighted by Gasteiger charge is -2.06. The van der Waals surface area contributed by atoms with Crippen molar-refractivity contribution in [1.29, 1.82) is 0 Å². The lowest BCUT2D eigenvalue weighted by atomic mass is 10.2. The Hall–Kier alpha value is -2.06. The van der Waals surface area contributed by atoms with Crippen molar-refractivity contribution in [2.45, 2.75) is 13.0 Å². The molecule has 1 rings (SSSR count). The Morgan fingerprint density at radius 1 is 1.53 bits per heavy atom. The summed E-state index contributed by atoms with van der Waals surface area (Å²) in [4.78, 5) is 10.3. The summed E-state index contributed by atoms with van der Waals surface area (Å²) in [7, 11) is 1.48. The number of nitro groups is 1. The van der Waals surface area contributed by atoms with Gasteiger partial charge in [-0.2, -0.15) is 0 Å². The first-order chi connectivity index (χ1) is 8.17. The first-order valence-electron chi connectivity index (χ1n) is 5.14. The molecule has 0 saturated carbocycles. The van der Waals surface area contributed by atoms with Gasteiger partial charge in [0, 0.05) is 25.6 Å². The zero-order valence-corrected chi connectivity index (χ0v) is 9.60. The molecular weight excluding hydrogens is 220 g/mol. The van der Waals surface area contributed by atoms with Crippen LogP contribution in [0.15, 0.2) is 18.2 Å². The summed E-state index contributed by atoms with van der Waals surface area (Å²) < 4.78 is 5.01. The SMILES string of the molecule is C#CCCNCc1cc(OC)cc([N+](=O)[O-])c1. The number of nitro benzene ring substituents is 1. The van der Waals surface area contributed by atoms with E-state index >= 15 is 0 Å². The van der Waals surface area contributed by atoms with Gasteiger partial charge >= 0.3 is 0 Å². The number of nitrogens with one attached hydrogen (secondary N) is 1. The molecule has 0 aliphatic carbocycles. The summed E-state index contributed by atoms with van der Waals surface area (Å²) in [5, 5.41) is 13.8. The molecule has 0 atom stereocenters. The molecule has 1 aromatic carbocycles. The fourth-order valence-corrected chi connectivity index (χ4v) is 1.36. The largest absolute Gasteiger partial charge is 0.496 e. The van der Waals surface area contributed by atoms with Crippen LogP contribution in [-0.4, -0.2) is 18.6 Å². The second-order valence-corrected chi connectivity index (χ2v) is 3.43. The third-order valence-corrected chi connectivity index (χ3v) is 2.17. The van der Waals surface area contributed by atoms with Gasteiger partial charge in [0.2, 0.25) is 0 Å². The zero-order chi connectivity index (χ0) is 12.7. The van der Waals surface area contributed by atoms with Gasteiger partial charge in [0.05, 0.1) is 18.1 Å². The molecule has 0 spiro atoms. The van der Waals surface area contributed by atoms with Crippen molar-refractivity contribution in [2.24, 2.45) is 0 Å². The molecule has 5 heteroatoms. The maximum absolute atomic E-state index is 10.7. The monoisotopic (exact) mass is 234 g/mol. The molecule has 0 aromatic heterocycles. The van der Waals surface area contributed by atoms with E-state index in [1.807, 2.05) is 0 Å². The van der Waals surface area contributed by atoms with Crippen LogP contribution in [0.25, 0.3) is 0 Å². The number of hydrogen-bond donors (Lipinski definition) is 1. The highest BCUT2D eigenvalue weighted by Gasteiger charge is 2.09. The Morgan fingerprint density at radius 2 is 2.29 bits per heavy atom. The Balaban J connectivity index is 2.74. The summed E-state index contributed by atoms with van der Waals surface area (Å²) in [5.41, 5.74) is 0.825. The number of nitrogens with zero attached hydrogens (tertiary/aromatic N) is 1. The normalized spacial score (nSPS) is 9.65. The average molecular weight is 234 g/mol. The maximum Gasteiger partial charge on any atom is 0.273 e. The van der Waals surface area contributed by atoms with Crippen molar-refractivity contribution in [3.63, 3.8) is 0 Å². The Bertz CT molecular complexity index is 438. The number of non-ortho nitro benzene ring substituents is 1. The topological polar surface area (TPSA) is 64.4 Å². The molecule has 0 unspecified atom stereocenters. The summed E-state index contributed by atoms with van der Waals surface area (Å²) in [6.45, 7) is 1.21. The summed E-state index contributed by atoms with van der Waals surface area (Å²) in [6, 6.07) is 4.67. The molecular formula is C12H14N2O3. The van der Waals surface area contributed by atoms with Crippen LogP contribution in [0, 0.1) is 22.5 Å². The average Bonchev–Trinajstić information content (AvgIpc) is 2.34. The van der Waals surface area contributed by atoms with Gasteiger partial charge in [0.25, 0.3) is 5.69 Å². The number of hydrogen-bond acceptors (Lipinski definition) is 4. The van der Waals surface area contributed by atoms with E-state index in [4.69, 9.17) is 11.2 Å². The minimum Gasteiger partial charge on any atom is -0.496 e. The molecule has 0 bridgehead atoms. The van der Waals surface area contributed by atoms with Gasteiger partial charge in [0.1, 0.15) is 5.75 Å². The van der Waals surface area contributed by atoms with Crippen LogP contribution < -0.4 is 10.1 Å². The molecule has 1 aromatic rings. The summed E-state index contributed by atoms with van der Waals surface area (Å²) in [5.74, 6) is 2.99. The predicted octanol–water partition coefficient (Wildman–Crippen LogP) is 1.72. The van der Waals surface area contributed by atoms with Gasteiger partial charge in [-0.05, 0) is 11.6 Å². The highest BCUT2D eigenvalue weighted by Crippen LogP contribution is 2.22. The fourth-order valence-electron chi connectivity index (χ4n) is 1.36. The Morgan fingerprint density at radius 3 is 2.88 bits per heavy atom. The Labute approximate surface area is 99.9 Å². The molecule has 0 radical (unpaired) electrons. The van der Waals surface area contributed by atoms with Crippen LogP contribution in [-0.2, 0) is 6.54 Å². The molecule has 0 saturated heterocycles. The number of ether oxygens (including phenoxy) is 1. The number of rotatable bonds is 6. The minimum absolute atomic E-state index is 0.0260. The molecule has 0 amide bonds. The van der Waals surface area contributed by atoms with E-state index in [-0.39, 0.29) is 5.69 Å². The summed E-state index contributed by atoms with van der Waals surface area (Å²) >= 11 is 0. The smallest absolute Gasteiger partial charge is 0.273 e. The van der Waals surface area contributed by atoms with Crippen LogP contribution in [0.2, 0.25) is 0 Å². The van der Waals surface area contributed by atoms with Gasteiger partial charge in [-0.1, -0.05) is 0 Å². The molecule has 0 heterocycles. The van der Waals surface area contributed by atoms with Crippen molar-refractivity contribution >= 4 is 5.69 Å². The molecule has 90 valence electrons. The van der Waals surface area contributed by atoms with Crippen LogP contribution >= 0.6 is 0 Å². The van der Waals surface area contributed by atoms with E-state index in [1.165, 1.54) is 19.2 Å². The van der Waals surface area contributed by atoms with Crippen molar-refractivity contribution in [1.82, 2.24) is 5.32 Å². The van der Waals surface area contributed by atoms with Crippen LogP contribution in [0.4, 0.5) is 5.69 Å². The van der Waals surface area contributed by atoms with Crippen LogP contribution in [0.5, 0.6) is 5.75 Å². The Kier molecular flexibility index (Phi) is 4.98. The number of terminal acetylenes is 1. The molecule has 1 N–H and O–H groups in total. The van der Waals surface area contributed by atoms with E-state index in [0.29, 0.717) is 25.3 Å². The van der Waals surface area contributed by atoms with Crippen molar-refractivity contribution < 1.29 is 9.66 Å². The zero-order valence-electron chi connectivity index (χ0n) is 9.60. The lowest BCUT2D eigenvalue weighted by Crippen LogP contribution is -2.14. The summed E-state index contributed by atoms with van der Waals surface area (Å²) in [6.07, 6.45) is 5.75. The maximum atomic E-state index is 10.7. The first-order valence-corrected chi connectivity index (χ1v) is 5.14. The quantitative estimate of drug-likeness (QED) is 0.352. The third-order valence-electron chi connectivity index (χ3n) is 2.17. The second-order valence-electron chi connectivity index (χ2n) is 3.43. The van der Waals surface area contributed by atoms with Gasteiger partial charge in [-0.3, -0.25) is 10.1 Å². The first kappa shape index (κ1) is 13.0. The van der Waals surface area contributed by atoms with Crippen LogP contribution in [0.3, 0.4) is 0 Å². The van der Waals surface area contributed by atoms with Crippen LogP contribution in [0.1, 0.15) is 12.0 Å². The standard InChI is InChI=1S/C12H14N2O3/c1-3-4-5-13-9-10-6-11(14(15)16)8-12(7-10)17-2/h1,6-8,13H,4-5,9H2,2H3. The van der Waals surface area contributed by atoms with Gasteiger partial charge in [-0.15, -0.1) is 12.3 Å². The molecule has 0 fully saturated rings. The predicted molar refractivity (Wildman–Crippen MR) is 64.8 cm³/mol. The molecule has 17 heavy (non-hydrogen) atoms. The number of benzene rings is 1. The van der Waals surface area contributed by atoms with E-state index in [2.05, 4.69) is 11.2 Å². The van der Waals surface area contributed by atoms with Crippen molar-refractivity contribution in [2.75, 3.05) is 13.7 Å². The van der Waals surface area contributed by atoms with E-state index in [1.54, 1.807) is 6.07 Å². The van der Waals surface area contributed by atoms with Gasteiger partial charge in [-0.25, -0.2) is 0 Å². The molecule has 5 nitrogen and oxygen atoms in total. The fraction of sp³-hybridized carbons (Fsp3) is 0.333. The second kappa shape index (κ2) is 6.51. The van der Waals surface area contributed by atoms with E-state index < -0.39 is 4.92 Å². The van der Waals surface area contributed by atoms with E-state index in [0.717, 1.165) is 5.56 Å². The highest BCUT2D eigenvalue weighted by atomic mass is 16.6.